The Kier molecular flexibility index (Phi) is 7.50. The summed E-state index contributed by atoms with van der Waals surface area (Å²) in [4.78, 5) is 26.4. The lowest BCUT2D eigenvalue weighted by atomic mass is 10.0. The monoisotopic (exact) mass is 420 g/mol. The Morgan fingerprint density at radius 2 is 1.77 bits per heavy atom. The number of para-hydroxylation sites is 1. The Hall–Kier alpha value is -3.08. The van der Waals surface area contributed by atoms with Crippen LogP contribution in [0.3, 0.4) is 0 Å². The lowest BCUT2D eigenvalue weighted by Gasteiger charge is -2.27. The molecule has 164 valence electrons. The fraction of sp³-hybridized carbons (Fsp3) is 0.385. The maximum absolute atomic E-state index is 12.7. The molecule has 0 radical (unpaired) electrons. The Bertz CT molecular complexity index is 1050. The fourth-order valence-corrected chi connectivity index (χ4v) is 4.23. The van der Waals surface area contributed by atoms with Crippen molar-refractivity contribution in [2.75, 3.05) is 6.54 Å². The second kappa shape index (κ2) is 10.3. The van der Waals surface area contributed by atoms with Crippen molar-refractivity contribution in [3.8, 4) is 0 Å². The molecule has 2 heterocycles. The molecule has 0 bridgehead atoms. The number of rotatable bonds is 5. The highest BCUT2D eigenvalue weighted by molar-refractivity contribution is 5.90. The van der Waals surface area contributed by atoms with Gasteiger partial charge in [-0.15, -0.1) is 0 Å². The largest absolute Gasteiger partial charge is 0.445 e. The Morgan fingerprint density at radius 1 is 1.03 bits per heavy atom. The summed E-state index contributed by atoms with van der Waals surface area (Å²) in [5.41, 5.74) is 5.65. The van der Waals surface area contributed by atoms with Crippen LogP contribution in [0.4, 0.5) is 4.79 Å². The van der Waals surface area contributed by atoms with Gasteiger partial charge in [-0.1, -0.05) is 69.3 Å². The molecule has 0 fully saturated rings. The minimum Gasteiger partial charge on any atom is -0.445 e. The number of benzene rings is 2. The van der Waals surface area contributed by atoms with Crippen molar-refractivity contribution in [1.82, 2.24) is 9.47 Å². The molecule has 0 spiro atoms. The van der Waals surface area contributed by atoms with Crippen molar-refractivity contribution in [1.29, 1.82) is 0 Å². The number of ketones is 1. The third-order valence-electron chi connectivity index (χ3n) is 5.58. The van der Waals surface area contributed by atoms with Crippen molar-refractivity contribution >= 4 is 22.8 Å². The number of carbonyl (C=O) groups excluding carboxylic acids is 2. The van der Waals surface area contributed by atoms with Gasteiger partial charge in [-0.25, -0.2) is 4.79 Å². The van der Waals surface area contributed by atoms with E-state index in [1.54, 1.807) is 11.8 Å². The number of ether oxygens (including phenoxy) is 1. The van der Waals surface area contributed by atoms with E-state index in [9.17, 15) is 9.59 Å². The maximum Gasteiger partial charge on any atom is 0.410 e. The minimum absolute atomic E-state index is 0.139. The van der Waals surface area contributed by atoms with Gasteiger partial charge in [-0.3, -0.25) is 4.79 Å². The topological polar surface area (TPSA) is 51.5 Å². The maximum atomic E-state index is 12.7. The molecule has 2 aromatic carbocycles. The van der Waals surface area contributed by atoms with Crippen LogP contribution < -0.4 is 0 Å². The number of aromatic nitrogens is 1. The molecule has 1 aliphatic heterocycles. The van der Waals surface area contributed by atoms with E-state index in [1.807, 2.05) is 44.2 Å². The number of aryl methyl sites for hydroxylation is 1. The average Bonchev–Trinajstić information content (AvgIpc) is 3.12. The smallest absolute Gasteiger partial charge is 0.410 e. The van der Waals surface area contributed by atoms with E-state index in [1.165, 1.54) is 11.3 Å². The van der Waals surface area contributed by atoms with E-state index >= 15 is 0 Å². The van der Waals surface area contributed by atoms with E-state index in [4.69, 9.17) is 4.74 Å². The summed E-state index contributed by atoms with van der Waals surface area (Å²) in [5, 5.41) is 1.14. The molecule has 5 heteroatoms. The van der Waals surface area contributed by atoms with Crippen molar-refractivity contribution in [3.05, 3.63) is 70.9 Å². The standard InChI is InChI=1S/C24H26N2O3.C2H6/c1-3-19-10-7-11-20-21-15-25(24(28)29-16-18-8-5-4-6-9-18)13-12-22(21)26(23(19)20)14-17(2)27;1-2/h4-11H,3,12-16H2,1-2H3;1-2H3. The number of fused-ring (bicyclic) bond motifs is 3. The van der Waals surface area contributed by atoms with Gasteiger partial charge in [-0.05, 0) is 24.5 Å². The Balaban J connectivity index is 0.00000132. The van der Waals surface area contributed by atoms with Crippen LogP contribution in [0.5, 0.6) is 0 Å². The third kappa shape index (κ3) is 4.82. The highest BCUT2D eigenvalue weighted by Gasteiger charge is 2.28. The summed E-state index contributed by atoms with van der Waals surface area (Å²) >= 11 is 0. The highest BCUT2D eigenvalue weighted by Crippen LogP contribution is 2.33. The number of nitrogens with zero attached hydrogens (tertiary/aromatic N) is 2. The van der Waals surface area contributed by atoms with Crippen LogP contribution in [-0.4, -0.2) is 27.9 Å². The zero-order valence-electron chi connectivity index (χ0n) is 19.0. The van der Waals surface area contributed by atoms with E-state index in [0.29, 0.717) is 19.6 Å². The van der Waals surface area contributed by atoms with E-state index in [2.05, 4.69) is 29.7 Å². The van der Waals surface area contributed by atoms with Crippen molar-refractivity contribution in [2.24, 2.45) is 0 Å². The summed E-state index contributed by atoms with van der Waals surface area (Å²) in [7, 11) is 0. The van der Waals surface area contributed by atoms with Gasteiger partial charge in [0.25, 0.3) is 0 Å². The fourth-order valence-electron chi connectivity index (χ4n) is 4.23. The van der Waals surface area contributed by atoms with Gasteiger partial charge in [-0.2, -0.15) is 0 Å². The second-order valence-corrected chi connectivity index (χ2v) is 7.59. The quantitative estimate of drug-likeness (QED) is 0.547. The molecule has 0 saturated heterocycles. The van der Waals surface area contributed by atoms with Crippen molar-refractivity contribution in [2.45, 2.75) is 60.2 Å². The van der Waals surface area contributed by atoms with Gasteiger partial charge in [0.15, 0.2) is 0 Å². The predicted octanol–water partition coefficient (Wildman–Crippen LogP) is 5.51. The SMILES string of the molecule is CC.CCc1cccc2c3c(n(CC(C)=O)c12)CCN(C(=O)OCc1ccccc1)C3. The second-order valence-electron chi connectivity index (χ2n) is 7.59. The van der Waals surface area contributed by atoms with Gasteiger partial charge in [0.1, 0.15) is 12.4 Å². The summed E-state index contributed by atoms with van der Waals surface area (Å²) in [6.07, 6.45) is 1.33. The van der Waals surface area contributed by atoms with Crippen LogP contribution in [0, 0.1) is 0 Å². The molecule has 0 saturated carbocycles. The molecule has 31 heavy (non-hydrogen) atoms. The molecule has 5 nitrogen and oxygen atoms in total. The Labute approximate surface area is 184 Å². The molecular formula is C26H32N2O3. The van der Waals surface area contributed by atoms with Crippen LogP contribution >= 0.6 is 0 Å². The molecule has 0 atom stereocenters. The van der Waals surface area contributed by atoms with Crippen LogP contribution in [0.15, 0.2) is 48.5 Å². The van der Waals surface area contributed by atoms with E-state index < -0.39 is 0 Å². The van der Waals surface area contributed by atoms with Gasteiger partial charge in [0, 0.05) is 29.6 Å². The molecular weight excluding hydrogens is 388 g/mol. The average molecular weight is 421 g/mol. The molecule has 1 aliphatic rings. The molecule has 0 aliphatic carbocycles. The first kappa shape index (κ1) is 22.6. The van der Waals surface area contributed by atoms with E-state index in [-0.39, 0.29) is 18.5 Å². The number of amides is 1. The molecule has 1 aromatic heterocycles. The van der Waals surface area contributed by atoms with Crippen LogP contribution in [0.1, 0.15) is 50.1 Å². The lowest BCUT2D eigenvalue weighted by Crippen LogP contribution is -2.36. The number of hydrogen-bond acceptors (Lipinski definition) is 3. The lowest BCUT2D eigenvalue weighted by molar-refractivity contribution is -0.117. The van der Waals surface area contributed by atoms with Gasteiger partial charge >= 0.3 is 6.09 Å². The van der Waals surface area contributed by atoms with Crippen LogP contribution in [0.2, 0.25) is 0 Å². The Morgan fingerprint density at radius 3 is 2.45 bits per heavy atom. The van der Waals surface area contributed by atoms with E-state index in [0.717, 1.165) is 34.9 Å². The normalized spacial score (nSPS) is 12.7. The van der Waals surface area contributed by atoms with Gasteiger partial charge in [0.05, 0.1) is 18.6 Å². The summed E-state index contributed by atoms with van der Waals surface area (Å²) in [5.74, 6) is 0.139. The van der Waals surface area contributed by atoms with Gasteiger partial charge in [0.2, 0.25) is 0 Å². The summed E-state index contributed by atoms with van der Waals surface area (Å²) in [6.45, 7) is 9.51. The molecule has 4 rings (SSSR count). The number of hydrogen-bond donors (Lipinski definition) is 0. The molecule has 0 unspecified atom stereocenters. The molecule has 0 N–H and O–H groups in total. The van der Waals surface area contributed by atoms with Crippen LogP contribution in [-0.2, 0) is 42.1 Å². The molecule has 1 amide bonds. The summed E-state index contributed by atoms with van der Waals surface area (Å²) < 4.78 is 7.70. The van der Waals surface area contributed by atoms with Crippen molar-refractivity contribution in [3.63, 3.8) is 0 Å². The van der Waals surface area contributed by atoms with Crippen LogP contribution in [0.25, 0.3) is 10.9 Å². The first-order chi connectivity index (χ1) is 15.1. The zero-order chi connectivity index (χ0) is 22.4. The van der Waals surface area contributed by atoms with Crippen molar-refractivity contribution < 1.29 is 14.3 Å². The van der Waals surface area contributed by atoms with Gasteiger partial charge < -0.3 is 14.2 Å². The first-order valence-corrected chi connectivity index (χ1v) is 11.2. The zero-order valence-corrected chi connectivity index (χ0v) is 19.0. The first-order valence-electron chi connectivity index (χ1n) is 11.2. The minimum atomic E-state index is -0.293. The number of carbonyl (C=O) groups is 2. The number of Topliss-reactive ketones (excluding diaryl/α,β-unsaturated/α-hetero) is 1. The summed E-state index contributed by atoms with van der Waals surface area (Å²) in [6, 6.07) is 16.0. The highest BCUT2D eigenvalue weighted by atomic mass is 16.6. The predicted molar refractivity (Wildman–Crippen MR) is 124 cm³/mol. The molecule has 3 aromatic rings. The third-order valence-corrected chi connectivity index (χ3v) is 5.58.